The van der Waals surface area contributed by atoms with Gasteiger partial charge in [0.05, 0.1) is 16.6 Å². The monoisotopic (exact) mass is 442 g/mol. The zero-order chi connectivity index (χ0) is 22.0. The molecule has 0 fully saturated rings. The Bertz CT molecular complexity index is 1250. The number of para-hydroxylation sites is 1. The van der Waals surface area contributed by atoms with Gasteiger partial charge in [0.1, 0.15) is 5.82 Å². The molecule has 0 saturated heterocycles. The van der Waals surface area contributed by atoms with E-state index in [0.29, 0.717) is 11.5 Å². The maximum absolute atomic E-state index is 13.8. The molecule has 1 aliphatic rings. The first-order chi connectivity index (χ1) is 14.8. The van der Waals surface area contributed by atoms with Crippen LogP contribution in [0.4, 0.5) is 10.1 Å². The second-order valence-corrected chi connectivity index (χ2v) is 8.60. The second-order valence-electron chi connectivity index (χ2n) is 6.92. The summed E-state index contributed by atoms with van der Waals surface area (Å²) in [6.45, 7) is 1.96. The van der Waals surface area contributed by atoms with E-state index in [4.69, 9.17) is 9.47 Å². The van der Waals surface area contributed by atoms with Crippen molar-refractivity contribution in [1.82, 2.24) is 5.32 Å². The molecule has 160 valence electrons. The summed E-state index contributed by atoms with van der Waals surface area (Å²) in [5.41, 5.74) is 0.792. The number of carbonyl (C=O) groups is 1. The fraction of sp³-hybridized carbons (Fsp3) is 0.136. The van der Waals surface area contributed by atoms with E-state index in [1.807, 2.05) is 6.07 Å². The summed E-state index contributed by atoms with van der Waals surface area (Å²) >= 11 is 0. The highest BCUT2D eigenvalue weighted by Gasteiger charge is 2.20. The topological polar surface area (TPSA) is 93.7 Å². The van der Waals surface area contributed by atoms with Crippen molar-refractivity contribution in [3.63, 3.8) is 0 Å². The van der Waals surface area contributed by atoms with Gasteiger partial charge < -0.3 is 14.8 Å². The molecule has 31 heavy (non-hydrogen) atoms. The van der Waals surface area contributed by atoms with Crippen LogP contribution in [0.2, 0.25) is 0 Å². The second kappa shape index (κ2) is 8.27. The number of amides is 1. The minimum Gasteiger partial charge on any atom is -0.454 e. The van der Waals surface area contributed by atoms with Gasteiger partial charge in [-0.1, -0.05) is 24.3 Å². The van der Waals surface area contributed by atoms with E-state index >= 15 is 0 Å². The molecule has 1 heterocycles. The lowest BCUT2D eigenvalue weighted by molar-refractivity contribution is 0.0939. The third kappa shape index (κ3) is 4.46. The Hall–Kier alpha value is -3.59. The van der Waals surface area contributed by atoms with Crippen LogP contribution in [0.1, 0.15) is 28.9 Å². The molecule has 1 aliphatic heterocycles. The third-order valence-electron chi connectivity index (χ3n) is 4.77. The van der Waals surface area contributed by atoms with E-state index in [1.165, 1.54) is 42.5 Å². The number of hydrogen-bond donors (Lipinski definition) is 2. The van der Waals surface area contributed by atoms with Crippen molar-refractivity contribution in [1.29, 1.82) is 0 Å². The minimum atomic E-state index is -4.08. The number of anilines is 1. The van der Waals surface area contributed by atoms with Crippen LogP contribution in [0, 0.1) is 5.82 Å². The fourth-order valence-corrected chi connectivity index (χ4v) is 4.21. The average molecular weight is 442 g/mol. The first-order valence-electron chi connectivity index (χ1n) is 9.41. The molecule has 0 saturated carbocycles. The summed E-state index contributed by atoms with van der Waals surface area (Å²) in [6.07, 6.45) is 0. The Morgan fingerprint density at radius 1 is 1.00 bits per heavy atom. The third-order valence-corrected chi connectivity index (χ3v) is 6.13. The summed E-state index contributed by atoms with van der Waals surface area (Å²) in [4.78, 5) is 12.6. The predicted octanol–water partition coefficient (Wildman–Crippen LogP) is 3.85. The van der Waals surface area contributed by atoms with E-state index in [2.05, 4.69) is 10.0 Å². The average Bonchev–Trinajstić information content (AvgIpc) is 3.23. The van der Waals surface area contributed by atoms with Crippen LogP contribution in [-0.2, 0) is 10.0 Å². The van der Waals surface area contributed by atoms with Crippen molar-refractivity contribution in [2.75, 3.05) is 11.5 Å². The zero-order valence-corrected chi connectivity index (χ0v) is 17.3. The Kier molecular flexibility index (Phi) is 5.51. The first kappa shape index (κ1) is 20.7. The minimum absolute atomic E-state index is 0.154. The number of ether oxygens (including phenoxy) is 2. The molecule has 2 N–H and O–H groups in total. The SMILES string of the molecule is CC(NC(=O)c1cccc(S(=O)(=O)Nc2ccccc2F)c1)c1ccc2c(c1)OCO2. The normalized spacial score (nSPS) is 13.5. The van der Waals surface area contributed by atoms with E-state index in [-0.39, 0.29) is 29.0 Å². The number of carbonyl (C=O) groups excluding carboxylic acids is 1. The van der Waals surface area contributed by atoms with Gasteiger partial charge >= 0.3 is 0 Å². The molecule has 7 nitrogen and oxygen atoms in total. The highest BCUT2D eigenvalue weighted by Crippen LogP contribution is 2.34. The van der Waals surface area contributed by atoms with Gasteiger partial charge in [-0.15, -0.1) is 0 Å². The van der Waals surface area contributed by atoms with Gasteiger partial charge in [0.25, 0.3) is 15.9 Å². The number of sulfonamides is 1. The molecule has 4 rings (SSSR count). The van der Waals surface area contributed by atoms with Crippen molar-refractivity contribution in [3.05, 3.63) is 83.7 Å². The van der Waals surface area contributed by atoms with Gasteiger partial charge in [0.2, 0.25) is 6.79 Å². The van der Waals surface area contributed by atoms with Gasteiger partial charge in [0, 0.05) is 5.56 Å². The maximum Gasteiger partial charge on any atom is 0.262 e. The highest BCUT2D eigenvalue weighted by molar-refractivity contribution is 7.92. The number of fused-ring (bicyclic) bond motifs is 1. The molecule has 3 aromatic rings. The number of nitrogens with one attached hydrogen (secondary N) is 2. The predicted molar refractivity (Wildman–Crippen MR) is 112 cm³/mol. The largest absolute Gasteiger partial charge is 0.454 e. The van der Waals surface area contributed by atoms with E-state index in [9.17, 15) is 17.6 Å². The van der Waals surface area contributed by atoms with Crippen LogP contribution in [-0.4, -0.2) is 21.1 Å². The van der Waals surface area contributed by atoms with Crippen molar-refractivity contribution < 1.29 is 27.1 Å². The molecule has 0 spiro atoms. The van der Waals surface area contributed by atoms with Crippen LogP contribution < -0.4 is 19.5 Å². The quantitative estimate of drug-likeness (QED) is 0.605. The van der Waals surface area contributed by atoms with Gasteiger partial charge in [-0.05, 0) is 55.0 Å². The van der Waals surface area contributed by atoms with Crippen molar-refractivity contribution >= 4 is 21.6 Å². The number of halogens is 1. The molecule has 3 aromatic carbocycles. The lowest BCUT2D eigenvalue weighted by atomic mass is 10.1. The summed E-state index contributed by atoms with van der Waals surface area (Å²) in [5, 5.41) is 2.83. The van der Waals surface area contributed by atoms with Crippen LogP contribution in [0.3, 0.4) is 0 Å². The van der Waals surface area contributed by atoms with E-state index in [1.54, 1.807) is 19.1 Å². The summed E-state index contributed by atoms with van der Waals surface area (Å²) in [7, 11) is -4.08. The number of hydrogen-bond acceptors (Lipinski definition) is 5. The maximum atomic E-state index is 13.8. The molecular formula is C22H19FN2O5S. The standard InChI is InChI=1S/C22H19FN2O5S/c1-14(15-9-10-20-21(12-15)30-13-29-20)24-22(26)16-5-4-6-17(11-16)31(27,28)25-19-8-3-2-7-18(19)23/h2-12,14,25H,13H2,1H3,(H,24,26). The van der Waals surface area contributed by atoms with Crippen LogP contribution >= 0.6 is 0 Å². The van der Waals surface area contributed by atoms with E-state index < -0.39 is 21.7 Å². The summed E-state index contributed by atoms with van der Waals surface area (Å²) < 4.78 is 51.9. The molecule has 0 radical (unpaired) electrons. The van der Waals surface area contributed by atoms with Gasteiger partial charge in [-0.25, -0.2) is 12.8 Å². The van der Waals surface area contributed by atoms with Gasteiger partial charge in [-0.2, -0.15) is 0 Å². The van der Waals surface area contributed by atoms with Crippen molar-refractivity contribution in [2.45, 2.75) is 17.9 Å². The van der Waals surface area contributed by atoms with Gasteiger partial charge in [0.15, 0.2) is 11.5 Å². The molecule has 1 unspecified atom stereocenters. The van der Waals surface area contributed by atoms with Crippen LogP contribution in [0.15, 0.2) is 71.6 Å². The van der Waals surface area contributed by atoms with Crippen LogP contribution in [0.25, 0.3) is 0 Å². The molecule has 0 aliphatic carbocycles. The van der Waals surface area contributed by atoms with Crippen molar-refractivity contribution in [2.24, 2.45) is 0 Å². The molecule has 0 bridgehead atoms. The Balaban J connectivity index is 1.51. The van der Waals surface area contributed by atoms with Crippen LogP contribution in [0.5, 0.6) is 11.5 Å². The molecule has 1 amide bonds. The summed E-state index contributed by atoms with van der Waals surface area (Å²) in [6, 6.07) is 16.0. The Morgan fingerprint density at radius 3 is 2.58 bits per heavy atom. The highest BCUT2D eigenvalue weighted by atomic mass is 32.2. The molecule has 1 atom stereocenters. The van der Waals surface area contributed by atoms with Crippen molar-refractivity contribution in [3.8, 4) is 11.5 Å². The van der Waals surface area contributed by atoms with E-state index in [0.717, 1.165) is 11.6 Å². The number of rotatable bonds is 6. The molecular weight excluding hydrogens is 423 g/mol. The smallest absolute Gasteiger partial charge is 0.262 e. The fourth-order valence-electron chi connectivity index (χ4n) is 3.10. The summed E-state index contributed by atoms with van der Waals surface area (Å²) in [5.74, 6) is 0.0964. The molecule has 9 heteroatoms. The Labute approximate surface area is 178 Å². The first-order valence-corrected chi connectivity index (χ1v) is 10.9. The van der Waals surface area contributed by atoms with Gasteiger partial charge in [-0.3, -0.25) is 9.52 Å². The lowest BCUT2D eigenvalue weighted by Gasteiger charge is -2.15. The number of benzene rings is 3. The lowest BCUT2D eigenvalue weighted by Crippen LogP contribution is -2.27. The zero-order valence-electron chi connectivity index (χ0n) is 16.5. The molecule has 0 aromatic heterocycles. The Morgan fingerprint density at radius 2 is 1.77 bits per heavy atom.